The van der Waals surface area contributed by atoms with Crippen LogP contribution >= 0.6 is 0 Å². The highest BCUT2D eigenvalue weighted by Gasteiger charge is 2.25. The van der Waals surface area contributed by atoms with E-state index in [9.17, 15) is 4.79 Å². The van der Waals surface area contributed by atoms with Crippen molar-refractivity contribution in [1.82, 2.24) is 9.80 Å². The Morgan fingerprint density at radius 1 is 1.37 bits per heavy atom. The van der Waals surface area contributed by atoms with Crippen LogP contribution in [0.1, 0.15) is 32.3 Å². The minimum absolute atomic E-state index is 0.148. The number of hydrogen-bond acceptors (Lipinski definition) is 2. The number of nitrogens with zero attached hydrogens (tertiary/aromatic N) is 2. The maximum absolute atomic E-state index is 12.5. The average molecular weight is 261 g/mol. The molecule has 0 unspecified atom stereocenters. The fourth-order valence-electron chi connectivity index (χ4n) is 2.45. The molecule has 1 aliphatic heterocycles. The van der Waals surface area contributed by atoms with Crippen LogP contribution in [0.5, 0.6) is 0 Å². The van der Waals surface area contributed by atoms with Crippen molar-refractivity contribution in [2.24, 2.45) is 0 Å². The number of carbonyl (C=O) groups excluding carboxylic acids is 1. The molecule has 1 fully saturated rings. The molecule has 4 nitrogen and oxygen atoms in total. The molecule has 0 aliphatic carbocycles. The number of amides is 2. The predicted octanol–water partition coefficient (Wildman–Crippen LogP) is 2.70. The molecule has 1 aromatic carbocycles. The second kappa shape index (κ2) is 5.95. The molecule has 0 atom stereocenters. The maximum Gasteiger partial charge on any atom is 0.320 e. The van der Waals surface area contributed by atoms with Gasteiger partial charge in [-0.25, -0.2) is 4.79 Å². The van der Waals surface area contributed by atoms with Crippen LogP contribution < -0.4 is 5.73 Å². The molecule has 19 heavy (non-hydrogen) atoms. The number of urea groups is 1. The Balaban J connectivity index is 2.09. The van der Waals surface area contributed by atoms with E-state index in [0.717, 1.165) is 37.2 Å². The predicted molar refractivity (Wildman–Crippen MR) is 77.7 cm³/mol. The normalized spacial score (nSPS) is 15.0. The van der Waals surface area contributed by atoms with Crippen LogP contribution in [0.25, 0.3) is 0 Å². The minimum atomic E-state index is 0.148. The lowest BCUT2D eigenvalue weighted by Crippen LogP contribution is -2.44. The van der Waals surface area contributed by atoms with Crippen LogP contribution in [0, 0.1) is 0 Å². The number of benzene rings is 1. The van der Waals surface area contributed by atoms with Gasteiger partial charge in [0.25, 0.3) is 0 Å². The van der Waals surface area contributed by atoms with Gasteiger partial charge in [0.05, 0.1) is 0 Å². The van der Waals surface area contributed by atoms with Gasteiger partial charge in [0.2, 0.25) is 0 Å². The number of hydrogen-bond donors (Lipinski definition) is 1. The smallest absolute Gasteiger partial charge is 0.320 e. The first kappa shape index (κ1) is 13.7. The Bertz CT molecular complexity index is 439. The van der Waals surface area contributed by atoms with Crippen molar-refractivity contribution in [2.75, 3.05) is 18.8 Å². The summed E-state index contributed by atoms with van der Waals surface area (Å²) in [6.45, 7) is 6.51. The molecular weight excluding hydrogens is 238 g/mol. The fourth-order valence-corrected chi connectivity index (χ4v) is 2.45. The molecule has 2 rings (SSSR count). The zero-order chi connectivity index (χ0) is 13.8. The fraction of sp³-hybridized carbons (Fsp3) is 0.533. The Kier molecular flexibility index (Phi) is 4.30. The van der Waals surface area contributed by atoms with E-state index in [1.165, 1.54) is 0 Å². The van der Waals surface area contributed by atoms with Crippen molar-refractivity contribution < 1.29 is 4.79 Å². The summed E-state index contributed by atoms with van der Waals surface area (Å²) < 4.78 is 0. The minimum Gasteiger partial charge on any atom is -0.399 e. The first-order valence-corrected chi connectivity index (χ1v) is 6.98. The summed E-state index contributed by atoms with van der Waals surface area (Å²) in [4.78, 5) is 16.4. The van der Waals surface area contributed by atoms with Gasteiger partial charge in [-0.3, -0.25) is 0 Å². The molecular formula is C15H23N3O. The van der Waals surface area contributed by atoms with E-state index >= 15 is 0 Å². The molecule has 1 saturated heterocycles. The maximum atomic E-state index is 12.5. The first-order valence-electron chi connectivity index (χ1n) is 6.98. The highest BCUT2D eigenvalue weighted by atomic mass is 16.2. The van der Waals surface area contributed by atoms with Gasteiger partial charge in [0.15, 0.2) is 0 Å². The third kappa shape index (κ3) is 3.40. The van der Waals surface area contributed by atoms with Crippen LogP contribution in [0.2, 0.25) is 0 Å². The molecule has 104 valence electrons. The highest BCUT2D eigenvalue weighted by molar-refractivity contribution is 5.75. The SMILES string of the molecule is CC(C)N(Cc1cccc(N)c1)C(=O)N1CCCC1. The summed E-state index contributed by atoms with van der Waals surface area (Å²) in [6, 6.07) is 8.09. The van der Waals surface area contributed by atoms with E-state index in [2.05, 4.69) is 13.8 Å². The van der Waals surface area contributed by atoms with Gasteiger partial charge in [0.1, 0.15) is 0 Å². The molecule has 0 aromatic heterocycles. The van der Waals surface area contributed by atoms with Gasteiger partial charge in [0, 0.05) is 31.4 Å². The van der Waals surface area contributed by atoms with E-state index in [1.807, 2.05) is 34.1 Å². The van der Waals surface area contributed by atoms with E-state index in [1.54, 1.807) is 0 Å². The Morgan fingerprint density at radius 3 is 2.63 bits per heavy atom. The van der Waals surface area contributed by atoms with Crippen molar-refractivity contribution in [3.63, 3.8) is 0 Å². The van der Waals surface area contributed by atoms with Crippen molar-refractivity contribution in [2.45, 2.75) is 39.3 Å². The van der Waals surface area contributed by atoms with Crippen LogP contribution in [0.3, 0.4) is 0 Å². The van der Waals surface area contributed by atoms with Gasteiger partial charge in [-0.05, 0) is 44.4 Å². The number of carbonyl (C=O) groups is 1. The van der Waals surface area contributed by atoms with Crippen molar-refractivity contribution in [1.29, 1.82) is 0 Å². The number of anilines is 1. The monoisotopic (exact) mass is 261 g/mol. The highest BCUT2D eigenvalue weighted by Crippen LogP contribution is 2.16. The topological polar surface area (TPSA) is 49.6 Å². The van der Waals surface area contributed by atoms with Gasteiger partial charge in [-0.15, -0.1) is 0 Å². The molecule has 4 heteroatoms. The van der Waals surface area contributed by atoms with Crippen LogP contribution in [0.4, 0.5) is 10.5 Å². The Hall–Kier alpha value is -1.71. The molecule has 0 saturated carbocycles. The lowest BCUT2D eigenvalue weighted by molar-refractivity contribution is 0.145. The summed E-state index contributed by atoms with van der Waals surface area (Å²) in [5.74, 6) is 0. The largest absolute Gasteiger partial charge is 0.399 e. The quantitative estimate of drug-likeness (QED) is 0.850. The second-order valence-corrected chi connectivity index (χ2v) is 5.44. The summed E-state index contributed by atoms with van der Waals surface area (Å²) in [7, 11) is 0. The van der Waals surface area contributed by atoms with E-state index in [0.29, 0.717) is 6.54 Å². The molecule has 2 amide bonds. The van der Waals surface area contributed by atoms with Gasteiger partial charge in [-0.2, -0.15) is 0 Å². The number of likely N-dealkylation sites (tertiary alicyclic amines) is 1. The van der Waals surface area contributed by atoms with Crippen LogP contribution in [-0.2, 0) is 6.54 Å². The zero-order valence-corrected chi connectivity index (χ0v) is 11.8. The van der Waals surface area contributed by atoms with Crippen LogP contribution in [0.15, 0.2) is 24.3 Å². The van der Waals surface area contributed by atoms with Gasteiger partial charge in [-0.1, -0.05) is 12.1 Å². The molecule has 1 aliphatic rings. The number of nitrogens with two attached hydrogens (primary N) is 1. The third-order valence-electron chi connectivity index (χ3n) is 3.55. The third-order valence-corrected chi connectivity index (χ3v) is 3.55. The molecule has 2 N–H and O–H groups in total. The summed E-state index contributed by atoms with van der Waals surface area (Å²) in [6.07, 6.45) is 2.24. The Morgan fingerprint density at radius 2 is 2.05 bits per heavy atom. The zero-order valence-electron chi connectivity index (χ0n) is 11.8. The van der Waals surface area contributed by atoms with Crippen molar-refractivity contribution >= 4 is 11.7 Å². The van der Waals surface area contributed by atoms with Crippen LogP contribution in [-0.4, -0.2) is 35.0 Å². The van der Waals surface area contributed by atoms with E-state index in [-0.39, 0.29) is 12.1 Å². The summed E-state index contributed by atoms with van der Waals surface area (Å²) in [5.41, 5.74) is 7.62. The van der Waals surface area contributed by atoms with Crippen molar-refractivity contribution in [3.05, 3.63) is 29.8 Å². The molecule has 0 spiro atoms. The van der Waals surface area contributed by atoms with Gasteiger partial charge < -0.3 is 15.5 Å². The lowest BCUT2D eigenvalue weighted by Gasteiger charge is -2.31. The molecule has 0 bridgehead atoms. The van der Waals surface area contributed by atoms with E-state index in [4.69, 9.17) is 5.73 Å². The molecule has 1 aromatic rings. The van der Waals surface area contributed by atoms with E-state index < -0.39 is 0 Å². The number of nitrogen functional groups attached to an aromatic ring is 1. The van der Waals surface area contributed by atoms with Gasteiger partial charge >= 0.3 is 6.03 Å². The standard InChI is InChI=1S/C15H23N3O/c1-12(2)18(15(19)17-8-3-4-9-17)11-13-6-5-7-14(16)10-13/h5-7,10,12H,3-4,8-9,11,16H2,1-2H3. The second-order valence-electron chi connectivity index (χ2n) is 5.44. The summed E-state index contributed by atoms with van der Waals surface area (Å²) >= 11 is 0. The average Bonchev–Trinajstić information content (AvgIpc) is 2.88. The first-order chi connectivity index (χ1) is 9.08. The van der Waals surface area contributed by atoms with Crippen molar-refractivity contribution in [3.8, 4) is 0 Å². The molecule has 0 radical (unpaired) electrons. The number of rotatable bonds is 3. The Labute approximate surface area is 115 Å². The molecule has 1 heterocycles. The summed E-state index contributed by atoms with van der Waals surface area (Å²) in [5, 5.41) is 0. The lowest BCUT2D eigenvalue weighted by atomic mass is 10.1.